The number of rotatable bonds is 7. The molecule has 2 N–H and O–H groups in total. The summed E-state index contributed by atoms with van der Waals surface area (Å²) in [6, 6.07) is 7.25. The second-order valence-electron chi connectivity index (χ2n) is 3.76. The Morgan fingerprint density at radius 2 is 1.82 bits per heavy atom. The molecular formula is C12H20NO3P. The SMILES string of the molecule is CCCOP(=O)(Cc1ccc(N)cc1)OCC. The average molecular weight is 257 g/mol. The Bertz CT molecular complexity index is 378. The molecule has 5 heteroatoms. The predicted octanol–water partition coefficient (Wildman–Crippen LogP) is 3.43. The Morgan fingerprint density at radius 3 is 2.35 bits per heavy atom. The second-order valence-corrected chi connectivity index (χ2v) is 5.82. The zero-order valence-corrected chi connectivity index (χ0v) is 11.3. The number of anilines is 1. The fraction of sp³-hybridized carbons (Fsp3) is 0.500. The van der Waals surface area contributed by atoms with Gasteiger partial charge < -0.3 is 14.8 Å². The van der Waals surface area contributed by atoms with Gasteiger partial charge in [0.05, 0.1) is 19.4 Å². The molecule has 1 rings (SSSR count). The quantitative estimate of drug-likeness (QED) is 0.600. The lowest BCUT2D eigenvalue weighted by Crippen LogP contribution is -2.00. The second kappa shape index (κ2) is 6.80. The highest BCUT2D eigenvalue weighted by molar-refractivity contribution is 7.53. The van der Waals surface area contributed by atoms with E-state index in [0.717, 1.165) is 12.0 Å². The lowest BCUT2D eigenvalue weighted by molar-refractivity contribution is 0.211. The van der Waals surface area contributed by atoms with Gasteiger partial charge in [-0.1, -0.05) is 19.1 Å². The lowest BCUT2D eigenvalue weighted by atomic mass is 10.2. The molecule has 0 saturated heterocycles. The summed E-state index contributed by atoms with van der Waals surface area (Å²) < 4.78 is 23.0. The lowest BCUT2D eigenvalue weighted by Gasteiger charge is -2.17. The van der Waals surface area contributed by atoms with Crippen molar-refractivity contribution >= 4 is 13.3 Å². The van der Waals surface area contributed by atoms with Gasteiger partial charge in [0, 0.05) is 5.69 Å². The van der Waals surface area contributed by atoms with Crippen LogP contribution in [0.3, 0.4) is 0 Å². The molecule has 0 bridgehead atoms. The third-order valence-electron chi connectivity index (χ3n) is 2.17. The summed E-state index contributed by atoms with van der Waals surface area (Å²) >= 11 is 0. The number of nitrogens with two attached hydrogens (primary N) is 1. The van der Waals surface area contributed by atoms with Gasteiger partial charge in [0.15, 0.2) is 0 Å². The van der Waals surface area contributed by atoms with Crippen LogP contribution in [0.15, 0.2) is 24.3 Å². The molecule has 0 saturated carbocycles. The van der Waals surface area contributed by atoms with Crippen LogP contribution in [0.2, 0.25) is 0 Å². The van der Waals surface area contributed by atoms with E-state index in [1.165, 1.54) is 0 Å². The summed E-state index contributed by atoms with van der Waals surface area (Å²) in [7, 11) is -3.01. The topological polar surface area (TPSA) is 61.5 Å². The van der Waals surface area contributed by atoms with E-state index in [9.17, 15) is 4.57 Å². The zero-order valence-electron chi connectivity index (χ0n) is 10.4. The molecule has 1 unspecified atom stereocenters. The monoisotopic (exact) mass is 257 g/mol. The summed E-state index contributed by atoms with van der Waals surface area (Å²) in [6.45, 7) is 4.62. The molecule has 0 spiro atoms. The summed E-state index contributed by atoms with van der Waals surface area (Å²) in [5.74, 6) is 0. The van der Waals surface area contributed by atoms with E-state index >= 15 is 0 Å². The molecule has 0 aliphatic heterocycles. The van der Waals surface area contributed by atoms with Crippen LogP contribution in [0.1, 0.15) is 25.8 Å². The van der Waals surface area contributed by atoms with Crippen molar-refractivity contribution in [1.29, 1.82) is 0 Å². The van der Waals surface area contributed by atoms with Gasteiger partial charge >= 0.3 is 7.60 Å². The average Bonchev–Trinajstić information content (AvgIpc) is 2.30. The van der Waals surface area contributed by atoms with E-state index in [2.05, 4.69) is 0 Å². The van der Waals surface area contributed by atoms with Gasteiger partial charge in [-0.3, -0.25) is 4.57 Å². The van der Waals surface area contributed by atoms with Crippen LogP contribution in [0.4, 0.5) is 5.69 Å². The van der Waals surface area contributed by atoms with E-state index in [1.54, 1.807) is 12.1 Å². The van der Waals surface area contributed by atoms with Crippen molar-refractivity contribution in [3.8, 4) is 0 Å². The summed E-state index contributed by atoms with van der Waals surface area (Å²) in [5, 5.41) is 0. The molecule has 0 heterocycles. The van der Waals surface area contributed by atoms with Crippen molar-refractivity contribution in [3.05, 3.63) is 29.8 Å². The molecular weight excluding hydrogens is 237 g/mol. The summed E-state index contributed by atoms with van der Waals surface area (Å²) in [4.78, 5) is 0. The smallest absolute Gasteiger partial charge is 0.335 e. The first kappa shape index (κ1) is 14.2. The van der Waals surface area contributed by atoms with Crippen LogP contribution in [-0.4, -0.2) is 13.2 Å². The van der Waals surface area contributed by atoms with Gasteiger partial charge in [-0.05, 0) is 31.0 Å². The highest BCUT2D eigenvalue weighted by Crippen LogP contribution is 2.51. The van der Waals surface area contributed by atoms with Crippen molar-refractivity contribution in [3.63, 3.8) is 0 Å². The molecule has 1 aromatic rings. The molecule has 0 aromatic heterocycles. The maximum absolute atomic E-state index is 12.4. The van der Waals surface area contributed by atoms with Crippen molar-refractivity contribution in [2.45, 2.75) is 26.4 Å². The first-order valence-electron chi connectivity index (χ1n) is 5.82. The summed E-state index contributed by atoms with van der Waals surface area (Å²) in [6.07, 6.45) is 1.11. The highest BCUT2D eigenvalue weighted by Gasteiger charge is 2.24. The molecule has 0 amide bonds. The van der Waals surface area contributed by atoms with E-state index in [1.807, 2.05) is 26.0 Å². The van der Waals surface area contributed by atoms with E-state index in [4.69, 9.17) is 14.8 Å². The fourth-order valence-electron chi connectivity index (χ4n) is 1.40. The number of hydrogen-bond donors (Lipinski definition) is 1. The zero-order chi connectivity index (χ0) is 12.7. The fourth-order valence-corrected chi connectivity index (χ4v) is 3.17. The summed E-state index contributed by atoms with van der Waals surface area (Å²) in [5.41, 5.74) is 7.20. The van der Waals surface area contributed by atoms with Gasteiger partial charge in [-0.25, -0.2) is 0 Å². The molecule has 0 aliphatic rings. The third kappa shape index (κ3) is 4.90. The van der Waals surface area contributed by atoms with Gasteiger partial charge in [-0.2, -0.15) is 0 Å². The standard InChI is InChI=1S/C12H20NO3P/c1-3-9-16-17(14,15-4-2)10-11-5-7-12(13)8-6-11/h5-8H,3-4,9-10,13H2,1-2H3. The molecule has 1 atom stereocenters. The number of hydrogen-bond acceptors (Lipinski definition) is 4. The Kier molecular flexibility index (Phi) is 5.69. The minimum absolute atomic E-state index is 0.293. The third-order valence-corrected chi connectivity index (χ3v) is 4.15. The Balaban J connectivity index is 2.71. The molecule has 1 aromatic carbocycles. The molecule has 17 heavy (non-hydrogen) atoms. The van der Waals surface area contributed by atoms with Crippen molar-refractivity contribution in [1.82, 2.24) is 0 Å². The van der Waals surface area contributed by atoms with Crippen LogP contribution >= 0.6 is 7.60 Å². The largest absolute Gasteiger partial charge is 0.399 e. The Hall–Kier alpha value is -0.830. The van der Waals surface area contributed by atoms with Gasteiger partial charge in [-0.15, -0.1) is 0 Å². The van der Waals surface area contributed by atoms with E-state index in [-0.39, 0.29) is 0 Å². The maximum atomic E-state index is 12.4. The van der Waals surface area contributed by atoms with Crippen molar-refractivity contribution in [2.75, 3.05) is 18.9 Å². The molecule has 0 radical (unpaired) electrons. The van der Waals surface area contributed by atoms with Crippen LogP contribution in [-0.2, 0) is 19.8 Å². The first-order valence-corrected chi connectivity index (χ1v) is 7.55. The van der Waals surface area contributed by atoms with Crippen LogP contribution in [0.5, 0.6) is 0 Å². The molecule has 0 fully saturated rings. The predicted molar refractivity (Wildman–Crippen MR) is 70.0 cm³/mol. The van der Waals surface area contributed by atoms with Crippen LogP contribution < -0.4 is 5.73 Å². The van der Waals surface area contributed by atoms with Crippen LogP contribution in [0, 0.1) is 0 Å². The Morgan fingerprint density at radius 1 is 1.18 bits per heavy atom. The number of nitrogen functional groups attached to an aromatic ring is 1. The Labute approximate surface area is 103 Å². The highest BCUT2D eigenvalue weighted by atomic mass is 31.2. The van der Waals surface area contributed by atoms with E-state index < -0.39 is 7.60 Å². The van der Waals surface area contributed by atoms with Crippen molar-refractivity contribution < 1.29 is 13.6 Å². The molecule has 96 valence electrons. The minimum Gasteiger partial charge on any atom is -0.399 e. The number of benzene rings is 1. The van der Waals surface area contributed by atoms with Gasteiger partial charge in [0.1, 0.15) is 0 Å². The molecule has 0 aliphatic carbocycles. The van der Waals surface area contributed by atoms with Gasteiger partial charge in [0.2, 0.25) is 0 Å². The van der Waals surface area contributed by atoms with Crippen molar-refractivity contribution in [2.24, 2.45) is 0 Å². The minimum atomic E-state index is -3.01. The van der Waals surface area contributed by atoms with E-state index in [0.29, 0.717) is 25.1 Å². The maximum Gasteiger partial charge on any atom is 0.335 e. The van der Waals surface area contributed by atoms with Crippen LogP contribution in [0.25, 0.3) is 0 Å². The first-order chi connectivity index (χ1) is 8.09. The molecule has 4 nitrogen and oxygen atoms in total. The van der Waals surface area contributed by atoms with Gasteiger partial charge in [0.25, 0.3) is 0 Å². The normalized spacial score (nSPS) is 14.5.